The van der Waals surface area contributed by atoms with Crippen LogP contribution in [0.4, 0.5) is 0 Å². The third-order valence-corrected chi connectivity index (χ3v) is 4.42. The summed E-state index contributed by atoms with van der Waals surface area (Å²) in [6.07, 6.45) is 1.53. The molecule has 29 heavy (non-hydrogen) atoms. The van der Waals surface area contributed by atoms with E-state index >= 15 is 0 Å². The topological polar surface area (TPSA) is 59.9 Å². The molecule has 0 heterocycles. The molecule has 0 radical (unpaired) electrons. The Morgan fingerprint density at radius 1 is 0.931 bits per heavy atom. The van der Waals surface area contributed by atoms with Crippen molar-refractivity contribution in [3.63, 3.8) is 0 Å². The number of benzene rings is 3. The lowest BCUT2D eigenvalue weighted by Crippen LogP contribution is -2.24. The Morgan fingerprint density at radius 2 is 1.72 bits per heavy atom. The molecule has 0 aliphatic heterocycles. The Morgan fingerprint density at radius 3 is 2.52 bits per heavy atom. The highest BCUT2D eigenvalue weighted by Crippen LogP contribution is 2.19. The molecule has 5 nitrogen and oxygen atoms in total. The summed E-state index contributed by atoms with van der Waals surface area (Å²) in [6, 6.07) is 21.6. The maximum Gasteiger partial charge on any atom is 0.277 e. The van der Waals surface area contributed by atoms with E-state index < -0.39 is 0 Å². The van der Waals surface area contributed by atoms with Crippen LogP contribution in [0.3, 0.4) is 0 Å². The highest BCUT2D eigenvalue weighted by molar-refractivity contribution is 6.31. The second-order valence-electron chi connectivity index (χ2n) is 5.99. The monoisotopic (exact) mass is 428 g/mol. The van der Waals surface area contributed by atoms with Crippen LogP contribution in [0.1, 0.15) is 11.1 Å². The normalized spacial score (nSPS) is 10.7. The van der Waals surface area contributed by atoms with Crippen LogP contribution >= 0.6 is 23.2 Å². The summed E-state index contributed by atoms with van der Waals surface area (Å²) in [4.78, 5) is 11.8. The zero-order valence-corrected chi connectivity index (χ0v) is 16.9. The number of rotatable bonds is 8. The number of hydrazone groups is 1. The number of halogens is 2. The van der Waals surface area contributed by atoms with Gasteiger partial charge in [-0.15, -0.1) is 0 Å². The van der Waals surface area contributed by atoms with Gasteiger partial charge in [-0.25, -0.2) is 5.43 Å². The van der Waals surface area contributed by atoms with Crippen LogP contribution in [0.5, 0.6) is 11.5 Å². The molecular formula is C22H18Cl2N2O3. The van der Waals surface area contributed by atoms with Gasteiger partial charge in [-0.05, 0) is 48.0 Å². The molecule has 3 rings (SSSR count). The first-order valence-electron chi connectivity index (χ1n) is 8.77. The fraction of sp³-hybridized carbons (Fsp3) is 0.0909. The average Bonchev–Trinajstić information content (AvgIpc) is 2.73. The van der Waals surface area contributed by atoms with E-state index in [0.717, 1.165) is 11.1 Å². The molecule has 1 amide bonds. The van der Waals surface area contributed by atoms with E-state index in [1.165, 1.54) is 6.21 Å². The predicted octanol–water partition coefficient (Wildman–Crippen LogP) is 5.10. The second kappa shape index (κ2) is 10.5. The lowest BCUT2D eigenvalue weighted by molar-refractivity contribution is -0.123. The van der Waals surface area contributed by atoms with Crippen molar-refractivity contribution in [2.45, 2.75) is 6.61 Å². The van der Waals surface area contributed by atoms with Crippen molar-refractivity contribution in [2.75, 3.05) is 6.61 Å². The van der Waals surface area contributed by atoms with Crippen LogP contribution in [0, 0.1) is 0 Å². The summed E-state index contributed by atoms with van der Waals surface area (Å²) < 4.78 is 11.1. The molecule has 0 aromatic heterocycles. The summed E-state index contributed by atoms with van der Waals surface area (Å²) in [5.74, 6) is 0.852. The van der Waals surface area contributed by atoms with Crippen LogP contribution in [-0.2, 0) is 11.4 Å². The molecule has 0 fully saturated rings. The molecule has 0 aliphatic carbocycles. The number of hydrogen-bond donors (Lipinski definition) is 1. The lowest BCUT2D eigenvalue weighted by atomic mass is 10.2. The zero-order chi connectivity index (χ0) is 20.5. The largest absolute Gasteiger partial charge is 0.489 e. The quantitative estimate of drug-likeness (QED) is 0.400. The van der Waals surface area contributed by atoms with Gasteiger partial charge in [0.15, 0.2) is 6.61 Å². The number of nitrogens with one attached hydrogen (secondary N) is 1. The van der Waals surface area contributed by atoms with Gasteiger partial charge in [0.25, 0.3) is 5.91 Å². The first-order valence-corrected chi connectivity index (χ1v) is 9.52. The van der Waals surface area contributed by atoms with Gasteiger partial charge in [-0.1, -0.05) is 53.5 Å². The number of hydrogen-bond acceptors (Lipinski definition) is 4. The van der Waals surface area contributed by atoms with Crippen molar-refractivity contribution < 1.29 is 14.3 Å². The van der Waals surface area contributed by atoms with Gasteiger partial charge in [-0.3, -0.25) is 4.79 Å². The van der Waals surface area contributed by atoms with E-state index in [1.807, 2.05) is 48.5 Å². The average molecular weight is 429 g/mol. The number of amides is 1. The number of nitrogens with zero attached hydrogens (tertiary/aromatic N) is 1. The van der Waals surface area contributed by atoms with Crippen LogP contribution in [0.2, 0.25) is 10.0 Å². The highest BCUT2D eigenvalue weighted by Gasteiger charge is 2.03. The van der Waals surface area contributed by atoms with Gasteiger partial charge in [0, 0.05) is 15.6 Å². The van der Waals surface area contributed by atoms with Gasteiger partial charge in [0.1, 0.15) is 18.1 Å². The van der Waals surface area contributed by atoms with Gasteiger partial charge in [0.05, 0.1) is 6.21 Å². The number of carbonyl (C=O) groups is 1. The Balaban J connectivity index is 1.47. The van der Waals surface area contributed by atoms with E-state index in [1.54, 1.807) is 24.3 Å². The predicted molar refractivity (Wildman–Crippen MR) is 115 cm³/mol. The molecule has 0 saturated heterocycles. The third kappa shape index (κ3) is 6.82. The molecule has 0 aliphatic rings. The number of ether oxygens (including phenoxy) is 2. The summed E-state index contributed by atoms with van der Waals surface area (Å²) in [6.45, 7) is 0.207. The van der Waals surface area contributed by atoms with E-state index in [-0.39, 0.29) is 12.5 Å². The fourth-order valence-electron chi connectivity index (χ4n) is 2.35. The Kier molecular flexibility index (Phi) is 7.50. The van der Waals surface area contributed by atoms with E-state index in [9.17, 15) is 4.79 Å². The lowest BCUT2D eigenvalue weighted by Gasteiger charge is -2.08. The zero-order valence-electron chi connectivity index (χ0n) is 15.3. The smallest absolute Gasteiger partial charge is 0.277 e. The number of carbonyl (C=O) groups excluding carboxylic acids is 1. The standard InChI is InChI=1S/C22H18Cl2N2O3/c23-18-8-10-19(11-9-18)29-15-22(27)26-25-13-16-4-3-6-20(12-16)28-14-17-5-1-2-7-21(17)24/h1-13H,14-15H2,(H,26,27)/b25-13-. The van der Waals surface area contributed by atoms with Crippen molar-refractivity contribution in [1.82, 2.24) is 5.43 Å². The molecule has 3 aromatic rings. The molecule has 3 aromatic carbocycles. The minimum Gasteiger partial charge on any atom is -0.489 e. The Labute approximate surface area is 178 Å². The van der Waals surface area contributed by atoms with Crippen LogP contribution in [0.15, 0.2) is 77.9 Å². The molecule has 0 atom stereocenters. The molecule has 0 unspecified atom stereocenters. The Hall–Kier alpha value is -3.02. The summed E-state index contributed by atoms with van der Waals surface area (Å²) in [5, 5.41) is 5.20. The summed E-state index contributed by atoms with van der Waals surface area (Å²) in [7, 11) is 0. The summed E-state index contributed by atoms with van der Waals surface area (Å²) in [5.41, 5.74) is 4.10. The van der Waals surface area contributed by atoms with Crippen molar-refractivity contribution >= 4 is 35.3 Å². The van der Waals surface area contributed by atoms with Crippen molar-refractivity contribution in [3.05, 3.63) is 94.0 Å². The molecule has 148 valence electrons. The van der Waals surface area contributed by atoms with Crippen LogP contribution in [-0.4, -0.2) is 18.7 Å². The maximum absolute atomic E-state index is 11.8. The SMILES string of the molecule is O=C(COc1ccc(Cl)cc1)N/N=C\c1cccc(OCc2ccccc2Cl)c1. The molecule has 7 heteroatoms. The first-order chi connectivity index (χ1) is 14.1. The van der Waals surface area contributed by atoms with E-state index in [2.05, 4.69) is 10.5 Å². The van der Waals surface area contributed by atoms with E-state index in [4.69, 9.17) is 32.7 Å². The van der Waals surface area contributed by atoms with Gasteiger partial charge in [-0.2, -0.15) is 5.10 Å². The minimum atomic E-state index is -0.373. The fourth-order valence-corrected chi connectivity index (χ4v) is 2.67. The third-order valence-electron chi connectivity index (χ3n) is 3.80. The van der Waals surface area contributed by atoms with Crippen molar-refractivity contribution in [2.24, 2.45) is 5.10 Å². The second-order valence-corrected chi connectivity index (χ2v) is 6.83. The van der Waals surface area contributed by atoms with Crippen LogP contribution < -0.4 is 14.9 Å². The van der Waals surface area contributed by atoms with Crippen molar-refractivity contribution in [1.29, 1.82) is 0 Å². The maximum atomic E-state index is 11.8. The van der Waals surface area contributed by atoms with E-state index in [0.29, 0.717) is 28.2 Å². The molecule has 0 spiro atoms. The molecule has 0 bridgehead atoms. The van der Waals surface area contributed by atoms with Gasteiger partial charge in [0.2, 0.25) is 0 Å². The molecule has 0 saturated carbocycles. The summed E-state index contributed by atoms with van der Waals surface area (Å²) >= 11 is 11.9. The molecular weight excluding hydrogens is 411 g/mol. The van der Waals surface area contributed by atoms with Gasteiger partial charge < -0.3 is 9.47 Å². The molecule has 1 N–H and O–H groups in total. The minimum absolute atomic E-state index is 0.153. The van der Waals surface area contributed by atoms with Gasteiger partial charge >= 0.3 is 0 Å². The highest BCUT2D eigenvalue weighted by atomic mass is 35.5. The Bertz CT molecular complexity index is 991. The van der Waals surface area contributed by atoms with Crippen LogP contribution in [0.25, 0.3) is 0 Å². The van der Waals surface area contributed by atoms with Crippen molar-refractivity contribution in [3.8, 4) is 11.5 Å². The first kappa shape index (κ1) is 20.7.